The van der Waals surface area contributed by atoms with Crippen molar-refractivity contribution in [2.75, 3.05) is 25.0 Å². The summed E-state index contributed by atoms with van der Waals surface area (Å²) < 4.78 is 26.3. The van der Waals surface area contributed by atoms with Crippen molar-refractivity contribution >= 4 is 11.7 Å². The van der Waals surface area contributed by atoms with Crippen LogP contribution in [0, 0.1) is 17.6 Å². The predicted molar refractivity (Wildman–Crippen MR) is 73.3 cm³/mol. The highest BCUT2D eigenvalue weighted by Crippen LogP contribution is 2.21. The van der Waals surface area contributed by atoms with E-state index in [0.29, 0.717) is 25.6 Å². The van der Waals surface area contributed by atoms with Crippen LogP contribution < -0.4 is 11.1 Å². The Balaban J connectivity index is 1.97. The molecular weight excluding hydrogens is 264 g/mol. The number of rotatable bonds is 3. The quantitative estimate of drug-likeness (QED) is 0.895. The lowest BCUT2D eigenvalue weighted by atomic mass is 9.95. The molecule has 0 spiro atoms. The maximum atomic E-state index is 13.5. The van der Waals surface area contributed by atoms with Gasteiger partial charge in [-0.05, 0) is 43.9 Å². The van der Waals surface area contributed by atoms with Crippen molar-refractivity contribution in [1.82, 2.24) is 4.90 Å². The number of nitrogens with two attached hydrogens (primary N) is 1. The number of hydrogen-bond donors (Lipinski definition) is 2. The van der Waals surface area contributed by atoms with Gasteiger partial charge in [0.1, 0.15) is 11.6 Å². The van der Waals surface area contributed by atoms with Crippen LogP contribution in [0.4, 0.5) is 19.3 Å². The van der Waals surface area contributed by atoms with E-state index in [4.69, 9.17) is 5.73 Å². The number of carbonyl (C=O) groups is 1. The lowest BCUT2D eigenvalue weighted by Crippen LogP contribution is -2.42. The predicted octanol–water partition coefficient (Wildman–Crippen LogP) is 2.56. The van der Waals surface area contributed by atoms with Gasteiger partial charge in [-0.1, -0.05) is 0 Å². The topological polar surface area (TPSA) is 58.4 Å². The van der Waals surface area contributed by atoms with Crippen molar-refractivity contribution in [3.05, 3.63) is 29.8 Å². The van der Waals surface area contributed by atoms with Crippen LogP contribution in [0.25, 0.3) is 0 Å². The SMILES string of the molecule is NCCC1CCCN(C(=O)Nc2ccc(F)cc2F)C1. The second-order valence-corrected chi connectivity index (χ2v) is 5.09. The molecule has 1 unspecified atom stereocenters. The number of hydrogen-bond acceptors (Lipinski definition) is 2. The van der Waals surface area contributed by atoms with Gasteiger partial charge in [0.2, 0.25) is 0 Å². The lowest BCUT2D eigenvalue weighted by molar-refractivity contribution is 0.175. The summed E-state index contributed by atoms with van der Waals surface area (Å²) in [5.74, 6) is -1.03. The molecule has 1 fully saturated rings. The van der Waals surface area contributed by atoms with Crippen LogP contribution in [-0.2, 0) is 0 Å². The van der Waals surface area contributed by atoms with Crippen molar-refractivity contribution < 1.29 is 13.6 Å². The van der Waals surface area contributed by atoms with Crippen molar-refractivity contribution in [2.24, 2.45) is 11.7 Å². The Labute approximate surface area is 116 Å². The number of carbonyl (C=O) groups excluding carboxylic acids is 1. The van der Waals surface area contributed by atoms with E-state index in [1.54, 1.807) is 4.90 Å². The fraction of sp³-hybridized carbons (Fsp3) is 0.500. The zero-order chi connectivity index (χ0) is 14.5. The summed E-state index contributed by atoms with van der Waals surface area (Å²) in [6.45, 7) is 1.88. The number of amides is 2. The van der Waals surface area contributed by atoms with E-state index in [9.17, 15) is 13.6 Å². The summed E-state index contributed by atoms with van der Waals surface area (Å²) in [6.07, 6.45) is 2.87. The molecule has 1 heterocycles. The fourth-order valence-electron chi connectivity index (χ4n) is 2.51. The molecule has 1 aliphatic heterocycles. The highest BCUT2D eigenvalue weighted by atomic mass is 19.1. The number of nitrogens with one attached hydrogen (secondary N) is 1. The van der Waals surface area contributed by atoms with Gasteiger partial charge < -0.3 is 16.0 Å². The van der Waals surface area contributed by atoms with Gasteiger partial charge in [-0.15, -0.1) is 0 Å². The first-order valence-electron chi connectivity index (χ1n) is 6.81. The Morgan fingerprint density at radius 2 is 2.25 bits per heavy atom. The number of halogens is 2. The van der Waals surface area contributed by atoms with Gasteiger partial charge in [-0.3, -0.25) is 0 Å². The average molecular weight is 283 g/mol. The standard InChI is InChI=1S/C14H19F2N3O/c15-11-3-4-13(12(16)8-11)18-14(20)19-7-1-2-10(9-19)5-6-17/h3-4,8,10H,1-2,5-7,9,17H2,(H,18,20). The van der Waals surface area contributed by atoms with Gasteiger partial charge in [-0.25, -0.2) is 13.6 Å². The van der Waals surface area contributed by atoms with Crippen LogP contribution in [0.2, 0.25) is 0 Å². The van der Waals surface area contributed by atoms with Crippen LogP contribution in [-0.4, -0.2) is 30.6 Å². The van der Waals surface area contributed by atoms with Crippen LogP contribution in [0.3, 0.4) is 0 Å². The Bertz CT molecular complexity index is 479. The first-order valence-corrected chi connectivity index (χ1v) is 6.81. The van der Waals surface area contributed by atoms with Gasteiger partial charge >= 0.3 is 6.03 Å². The second kappa shape index (κ2) is 6.65. The van der Waals surface area contributed by atoms with Crippen LogP contribution in [0.15, 0.2) is 18.2 Å². The molecule has 0 aliphatic carbocycles. The molecule has 3 N–H and O–H groups in total. The summed E-state index contributed by atoms with van der Waals surface area (Å²) in [5, 5.41) is 2.48. The Hall–Kier alpha value is -1.69. The zero-order valence-corrected chi connectivity index (χ0v) is 11.2. The number of urea groups is 1. The summed E-state index contributed by atoms with van der Waals surface area (Å²) in [6, 6.07) is 2.75. The molecule has 1 aliphatic rings. The van der Waals surface area contributed by atoms with Gasteiger partial charge in [0, 0.05) is 19.2 Å². The second-order valence-electron chi connectivity index (χ2n) is 5.09. The Morgan fingerprint density at radius 1 is 1.45 bits per heavy atom. The Morgan fingerprint density at radius 3 is 2.95 bits per heavy atom. The molecule has 4 nitrogen and oxygen atoms in total. The molecule has 1 saturated heterocycles. The van der Waals surface area contributed by atoms with E-state index in [0.717, 1.165) is 31.4 Å². The van der Waals surface area contributed by atoms with Crippen LogP contribution in [0.1, 0.15) is 19.3 Å². The summed E-state index contributed by atoms with van der Waals surface area (Å²) in [5.41, 5.74) is 5.53. The number of nitrogens with zero attached hydrogens (tertiary/aromatic N) is 1. The van der Waals surface area contributed by atoms with E-state index in [1.165, 1.54) is 6.07 Å². The normalized spacial score (nSPS) is 18.9. The fourth-order valence-corrected chi connectivity index (χ4v) is 2.51. The van der Waals surface area contributed by atoms with Crippen molar-refractivity contribution in [2.45, 2.75) is 19.3 Å². The molecular formula is C14H19F2N3O. The number of anilines is 1. The monoisotopic (exact) mass is 283 g/mol. The maximum Gasteiger partial charge on any atom is 0.321 e. The first kappa shape index (κ1) is 14.7. The third-order valence-electron chi connectivity index (χ3n) is 3.55. The lowest BCUT2D eigenvalue weighted by Gasteiger charge is -2.32. The van der Waals surface area contributed by atoms with E-state index in [-0.39, 0.29) is 11.7 Å². The summed E-state index contributed by atoms with van der Waals surface area (Å²) in [7, 11) is 0. The minimum Gasteiger partial charge on any atom is -0.330 e. The largest absolute Gasteiger partial charge is 0.330 e. The molecule has 6 heteroatoms. The maximum absolute atomic E-state index is 13.5. The van der Waals surface area contributed by atoms with E-state index >= 15 is 0 Å². The van der Waals surface area contributed by atoms with Crippen molar-refractivity contribution in [3.63, 3.8) is 0 Å². The third-order valence-corrected chi connectivity index (χ3v) is 3.55. The minimum atomic E-state index is -0.770. The summed E-state index contributed by atoms with van der Waals surface area (Å²) >= 11 is 0. The van der Waals surface area contributed by atoms with Crippen LogP contribution >= 0.6 is 0 Å². The van der Waals surface area contributed by atoms with E-state index < -0.39 is 11.6 Å². The molecule has 110 valence electrons. The first-order chi connectivity index (χ1) is 9.60. The summed E-state index contributed by atoms with van der Waals surface area (Å²) in [4.78, 5) is 13.7. The third kappa shape index (κ3) is 3.66. The minimum absolute atomic E-state index is 0.00246. The molecule has 1 aromatic rings. The number of benzene rings is 1. The van der Waals surface area contributed by atoms with Gasteiger partial charge in [0.25, 0.3) is 0 Å². The Kier molecular flexibility index (Phi) is 4.89. The van der Waals surface area contributed by atoms with Crippen molar-refractivity contribution in [1.29, 1.82) is 0 Å². The number of piperidine rings is 1. The molecule has 1 atom stereocenters. The van der Waals surface area contributed by atoms with Crippen molar-refractivity contribution in [3.8, 4) is 0 Å². The molecule has 0 bridgehead atoms. The van der Waals surface area contributed by atoms with E-state index in [1.807, 2.05) is 0 Å². The highest BCUT2D eigenvalue weighted by molar-refractivity contribution is 5.89. The smallest absolute Gasteiger partial charge is 0.321 e. The van der Waals surface area contributed by atoms with Gasteiger partial charge in [0.05, 0.1) is 5.69 Å². The van der Waals surface area contributed by atoms with E-state index in [2.05, 4.69) is 5.32 Å². The molecule has 2 amide bonds. The molecule has 2 rings (SSSR count). The zero-order valence-electron chi connectivity index (χ0n) is 11.2. The molecule has 20 heavy (non-hydrogen) atoms. The van der Waals surface area contributed by atoms with Gasteiger partial charge in [-0.2, -0.15) is 0 Å². The van der Waals surface area contributed by atoms with Crippen LogP contribution in [0.5, 0.6) is 0 Å². The van der Waals surface area contributed by atoms with Gasteiger partial charge in [0.15, 0.2) is 0 Å². The molecule has 1 aromatic carbocycles. The number of likely N-dealkylation sites (tertiary alicyclic amines) is 1. The average Bonchev–Trinajstić information content (AvgIpc) is 2.42. The highest BCUT2D eigenvalue weighted by Gasteiger charge is 2.23. The molecule has 0 radical (unpaired) electrons. The molecule has 0 saturated carbocycles. The molecule has 0 aromatic heterocycles.